The van der Waals surface area contributed by atoms with E-state index in [9.17, 15) is 0 Å². The van der Waals surface area contributed by atoms with Gasteiger partial charge in [0.25, 0.3) is 0 Å². The Labute approximate surface area is 114 Å². The molecule has 0 saturated heterocycles. The van der Waals surface area contributed by atoms with E-state index in [0.717, 1.165) is 43.1 Å². The van der Waals surface area contributed by atoms with Crippen molar-refractivity contribution in [3.63, 3.8) is 0 Å². The van der Waals surface area contributed by atoms with Crippen LogP contribution in [0.5, 0.6) is 0 Å². The fourth-order valence-corrected chi connectivity index (χ4v) is 2.01. The summed E-state index contributed by atoms with van der Waals surface area (Å²) in [5.74, 6) is 0.833. The molecule has 0 saturated carbocycles. The molecule has 4 nitrogen and oxygen atoms in total. The predicted octanol–water partition coefficient (Wildman–Crippen LogP) is 2.38. The Bertz CT molecular complexity index is 481. The molecule has 0 aliphatic heterocycles. The van der Waals surface area contributed by atoms with Gasteiger partial charge in [0.2, 0.25) is 0 Å². The predicted molar refractivity (Wildman–Crippen MR) is 76.8 cm³/mol. The molecule has 0 aliphatic carbocycles. The second-order valence-corrected chi connectivity index (χ2v) is 4.74. The van der Waals surface area contributed by atoms with Crippen LogP contribution >= 0.6 is 0 Å². The second kappa shape index (κ2) is 7.07. The molecule has 0 fully saturated rings. The lowest BCUT2D eigenvalue weighted by Crippen LogP contribution is -2.22. The smallest absolute Gasteiger partial charge is 0.167 e. The first kappa shape index (κ1) is 13.8. The third kappa shape index (κ3) is 4.19. The SMILES string of the molecule is CNCCCN(C)Cc1cc(-c2ccccc2)on1. The van der Waals surface area contributed by atoms with Crippen molar-refractivity contribution in [3.05, 3.63) is 42.1 Å². The molecule has 0 spiro atoms. The minimum atomic E-state index is 0.819. The number of rotatable bonds is 7. The Morgan fingerprint density at radius 2 is 2.05 bits per heavy atom. The van der Waals surface area contributed by atoms with E-state index in [1.807, 2.05) is 43.4 Å². The van der Waals surface area contributed by atoms with Gasteiger partial charge in [-0.1, -0.05) is 35.5 Å². The first-order valence-corrected chi connectivity index (χ1v) is 6.64. The number of hydrogen-bond acceptors (Lipinski definition) is 4. The third-order valence-corrected chi connectivity index (χ3v) is 3.02. The Morgan fingerprint density at radius 3 is 2.79 bits per heavy atom. The van der Waals surface area contributed by atoms with E-state index in [0.29, 0.717) is 0 Å². The normalized spacial score (nSPS) is 11.1. The van der Waals surface area contributed by atoms with E-state index in [4.69, 9.17) is 4.52 Å². The van der Waals surface area contributed by atoms with Gasteiger partial charge in [0.1, 0.15) is 0 Å². The van der Waals surface area contributed by atoms with E-state index >= 15 is 0 Å². The van der Waals surface area contributed by atoms with Crippen LogP contribution in [-0.4, -0.2) is 37.2 Å². The highest BCUT2D eigenvalue weighted by Crippen LogP contribution is 2.20. The lowest BCUT2D eigenvalue weighted by Gasteiger charge is -2.14. The van der Waals surface area contributed by atoms with Crippen LogP contribution in [0, 0.1) is 0 Å². The van der Waals surface area contributed by atoms with Crippen LogP contribution in [0.3, 0.4) is 0 Å². The molecule has 0 unspecified atom stereocenters. The molecule has 0 radical (unpaired) electrons. The molecule has 1 aromatic carbocycles. The lowest BCUT2D eigenvalue weighted by atomic mass is 10.1. The van der Waals surface area contributed by atoms with E-state index in [1.54, 1.807) is 0 Å². The zero-order valence-corrected chi connectivity index (χ0v) is 11.6. The molecule has 0 aliphatic rings. The number of nitrogens with zero attached hydrogens (tertiary/aromatic N) is 2. The fourth-order valence-electron chi connectivity index (χ4n) is 2.01. The zero-order valence-electron chi connectivity index (χ0n) is 11.6. The average molecular weight is 259 g/mol. The van der Waals surface area contributed by atoms with Crippen LogP contribution in [0.2, 0.25) is 0 Å². The average Bonchev–Trinajstić information content (AvgIpc) is 2.88. The zero-order chi connectivity index (χ0) is 13.5. The Morgan fingerprint density at radius 1 is 1.26 bits per heavy atom. The van der Waals surface area contributed by atoms with Crippen molar-refractivity contribution < 1.29 is 4.52 Å². The van der Waals surface area contributed by atoms with Crippen molar-refractivity contribution in [1.82, 2.24) is 15.4 Å². The quantitative estimate of drug-likeness (QED) is 0.775. The highest BCUT2D eigenvalue weighted by molar-refractivity contribution is 5.56. The van der Waals surface area contributed by atoms with E-state index in [-0.39, 0.29) is 0 Å². The summed E-state index contributed by atoms with van der Waals surface area (Å²) in [5, 5.41) is 7.28. The van der Waals surface area contributed by atoms with Gasteiger partial charge in [0.15, 0.2) is 5.76 Å². The first-order chi connectivity index (χ1) is 9.29. The number of nitrogens with one attached hydrogen (secondary N) is 1. The molecule has 1 heterocycles. The van der Waals surface area contributed by atoms with Crippen LogP contribution < -0.4 is 5.32 Å². The summed E-state index contributed by atoms with van der Waals surface area (Å²) >= 11 is 0. The van der Waals surface area contributed by atoms with Gasteiger partial charge in [-0.3, -0.25) is 0 Å². The van der Waals surface area contributed by atoms with Gasteiger partial charge < -0.3 is 14.7 Å². The maximum atomic E-state index is 5.39. The minimum Gasteiger partial charge on any atom is -0.356 e. The topological polar surface area (TPSA) is 41.3 Å². The Kier molecular flexibility index (Phi) is 5.12. The van der Waals surface area contributed by atoms with Gasteiger partial charge in [0.05, 0.1) is 5.69 Å². The van der Waals surface area contributed by atoms with Gasteiger partial charge >= 0.3 is 0 Å². The molecule has 102 valence electrons. The van der Waals surface area contributed by atoms with Gasteiger partial charge in [-0.2, -0.15) is 0 Å². The molecule has 1 N–H and O–H groups in total. The molecule has 0 bridgehead atoms. The van der Waals surface area contributed by atoms with Crippen molar-refractivity contribution in [1.29, 1.82) is 0 Å². The number of hydrogen-bond donors (Lipinski definition) is 1. The summed E-state index contributed by atoms with van der Waals surface area (Å²) in [6.07, 6.45) is 1.14. The summed E-state index contributed by atoms with van der Waals surface area (Å²) in [5.41, 5.74) is 2.05. The van der Waals surface area contributed by atoms with E-state index < -0.39 is 0 Å². The van der Waals surface area contributed by atoms with Crippen molar-refractivity contribution in [2.24, 2.45) is 0 Å². The van der Waals surface area contributed by atoms with Crippen LogP contribution in [0.4, 0.5) is 0 Å². The minimum absolute atomic E-state index is 0.819. The largest absolute Gasteiger partial charge is 0.356 e. The summed E-state index contributed by atoms with van der Waals surface area (Å²) in [7, 11) is 4.08. The van der Waals surface area contributed by atoms with E-state index in [1.165, 1.54) is 0 Å². The molecule has 19 heavy (non-hydrogen) atoms. The van der Waals surface area contributed by atoms with Gasteiger partial charge in [-0.25, -0.2) is 0 Å². The van der Waals surface area contributed by atoms with Gasteiger partial charge in [-0.05, 0) is 33.6 Å². The first-order valence-electron chi connectivity index (χ1n) is 6.64. The molecule has 0 atom stereocenters. The highest BCUT2D eigenvalue weighted by Gasteiger charge is 2.08. The molecule has 2 aromatic rings. The molecule has 1 aromatic heterocycles. The van der Waals surface area contributed by atoms with Crippen molar-refractivity contribution in [2.45, 2.75) is 13.0 Å². The molecule has 2 rings (SSSR count). The molecular formula is C15H21N3O. The third-order valence-electron chi connectivity index (χ3n) is 3.02. The Balaban J connectivity index is 1.91. The number of aromatic nitrogens is 1. The maximum Gasteiger partial charge on any atom is 0.167 e. The molecular weight excluding hydrogens is 238 g/mol. The standard InChI is InChI=1S/C15H21N3O/c1-16-9-6-10-18(2)12-14-11-15(19-17-14)13-7-4-3-5-8-13/h3-5,7-8,11,16H,6,9-10,12H2,1-2H3. The van der Waals surface area contributed by atoms with Gasteiger partial charge in [-0.15, -0.1) is 0 Å². The maximum absolute atomic E-state index is 5.39. The van der Waals surface area contributed by atoms with E-state index in [2.05, 4.69) is 22.4 Å². The van der Waals surface area contributed by atoms with Crippen molar-refractivity contribution >= 4 is 0 Å². The number of benzene rings is 1. The summed E-state index contributed by atoms with van der Waals surface area (Å²) in [6.45, 7) is 2.91. The van der Waals surface area contributed by atoms with Crippen LogP contribution in [-0.2, 0) is 6.54 Å². The second-order valence-electron chi connectivity index (χ2n) is 4.74. The highest BCUT2D eigenvalue weighted by atomic mass is 16.5. The Hall–Kier alpha value is -1.65. The summed E-state index contributed by atoms with van der Waals surface area (Å²) in [6, 6.07) is 12.1. The van der Waals surface area contributed by atoms with Crippen LogP contribution in [0.15, 0.2) is 40.9 Å². The lowest BCUT2D eigenvalue weighted by molar-refractivity contribution is 0.307. The molecule has 4 heteroatoms. The molecule has 0 amide bonds. The van der Waals surface area contributed by atoms with Crippen LogP contribution in [0.1, 0.15) is 12.1 Å². The van der Waals surface area contributed by atoms with Crippen LogP contribution in [0.25, 0.3) is 11.3 Å². The van der Waals surface area contributed by atoms with Crippen molar-refractivity contribution in [3.8, 4) is 11.3 Å². The monoisotopic (exact) mass is 259 g/mol. The van der Waals surface area contributed by atoms with Gasteiger partial charge in [0, 0.05) is 18.2 Å². The van der Waals surface area contributed by atoms with Crippen molar-refractivity contribution in [2.75, 3.05) is 27.2 Å². The fraction of sp³-hybridized carbons (Fsp3) is 0.400. The summed E-state index contributed by atoms with van der Waals surface area (Å²) in [4.78, 5) is 2.25. The summed E-state index contributed by atoms with van der Waals surface area (Å²) < 4.78 is 5.39.